The summed E-state index contributed by atoms with van der Waals surface area (Å²) in [5.41, 5.74) is 2.52. The molecule has 3 aromatic carbocycles. The van der Waals surface area contributed by atoms with Crippen LogP contribution >= 0.6 is 0 Å². The fraction of sp³-hybridized carbons (Fsp3) is 0.0870. The molecule has 0 saturated heterocycles. The van der Waals surface area contributed by atoms with Crippen molar-refractivity contribution in [1.29, 1.82) is 0 Å². The van der Waals surface area contributed by atoms with E-state index in [0.29, 0.717) is 33.8 Å². The van der Waals surface area contributed by atoms with Gasteiger partial charge in [0, 0.05) is 28.1 Å². The molecule has 6 heteroatoms. The molecule has 0 aromatic heterocycles. The molecule has 29 heavy (non-hydrogen) atoms. The maximum absolute atomic E-state index is 12.4. The molecule has 3 rings (SSSR count). The first-order valence-electron chi connectivity index (χ1n) is 8.94. The lowest BCUT2D eigenvalue weighted by Gasteiger charge is -2.08. The minimum atomic E-state index is -0.326. The number of Topliss-reactive ketones (excluding diaryl/α,β-unsaturated/α-hetero) is 1. The van der Waals surface area contributed by atoms with Crippen molar-refractivity contribution in [3.8, 4) is 5.75 Å². The first kappa shape index (κ1) is 19.8. The topological polar surface area (TPSA) is 84.5 Å². The summed E-state index contributed by atoms with van der Waals surface area (Å²) in [4.78, 5) is 36.2. The van der Waals surface area contributed by atoms with Gasteiger partial charge in [-0.25, -0.2) is 0 Å². The van der Waals surface area contributed by atoms with Crippen LogP contribution in [-0.4, -0.2) is 24.7 Å². The molecule has 0 unspecified atom stereocenters. The van der Waals surface area contributed by atoms with Crippen molar-refractivity contribution in [2.24, 2.45) is 0 Å². The third-order valence-electron chi connectivity index (χ3n) is 4.28. The first-order valence-corrected chi connectivity index (χ1v) is 8.94. The predicted octanol–water partition coefficient (Wildman–Crippen LogP) is 4.40. The number of nitrogens with one attached hydrogen (secondary N) is 2. The Labute approximate surface area is 168 Å². The van der Waals surface area contributed by atoms with E-state index in [-0.39, 0.29) is 17.6 Å². The molecule has 0 aliphatic carbocycles. The van der Waals surface area contributed by atoms with Crippen LogP contribution in [0, 0.1) is 0 Å². The fourth-order valence-corrected chi connectivity index (χ4v) is 2.67. The van der Waals surface area contributed by atoms with Crippen molar-refractivity contribution >= 4 is 29.0 Å². The van der Waals surface area contributed by atoms with Gasteiger partial charge >= 0.3 is 0 Å². The molecular formula is C23H20N2O4. The predicted molar refractivity (Wildman–Crippen MR) is 112 cm³/mol. The number of rotatable bonds is 6. The Hall–Kier alpha value is -3.93. The SMILES string of the molecule is COc1ccc(NC(=O)c2ccc(C(=O)Nc3cccc(C(C)=O)c3)cc2)cc1. The highest BCUT2D eigenvalue weighted by Gasteiger charge is 2.10. The van der Waals surface area contributed by atoms with E-state index in [1.165, 1.54) is 6.92 Å². The minimum Gasteiger partial charge on any atom is -0.497 e. The van der Waals surface area contributed by atoms with E-state index in [0.717, 1.165) is 0 Å². The van der Waals surface area contributed by atoms with E-state index in [9.17, 15) is 14.4 Å². The highest BCUT2D eigenvalue weighted by molar-refractivity contribution is 6.07. The van der Waals surface area contributed by atoms with Crippen LogP contribution in [0.5, 0.6) is 5.75 Å². The lowest BCUT2D eigenvalue weighted by molar-refractivity contribution is 0.101. The van der Waals surface area contributed by atoms with Crippen molar-refractivity contribution in [2.75, 3.05) is 17.7 Å². The number of ketones is 1. The van der Waals surface area contributed by atoms with Crippen LogP contribution < -0.4 is 15.4 Å². The maximum Gasteiger partial charge on any atom is 0.255 e. The lowest BCUT2D eigenvalue weighted by Crippen LogP contribution is -2.14. The molecule has 0 atom stereocenters. The second-order valence-electron chi connectivity index (χ2n) is 6.35. The van der Waals surface area contributed by atoms with E-state index in [4.69, 9.17) is 4.74 Å². The van der Waals surface area contributed by atoms with Gasteiger partial charge < -0.3 is 15.4 Å². The van der Waals surface area contributed by atoms with Crippen molar-refractivity contribution in [1.82, 2.24) is 0 Å². The van der Waals surface area contributed by atoms with Gasteiger partial charge in [-0.05, 0) is 67.6 Å². The second-order valence-corrected chi connectivity index (χ2v) is 6.35. The van der Waals surface area contributed by atoms with Gasteiger partial charge in [-0.2, -0.15) is 0 Å². The average Bonchev–Trinajstić information content (AvgIpc) is 2.74. The zero-order chi connectivity index (χ0) is 20.8. The molecule has 3 aromatic rings. The van der Waals surface area contributed by atoms with Crippen LogP contribution in [0.2, 0.25) is 0 Å². The number of hydrogen-bond donors (Lipinski definition) is 2. The zero-order valence-corrected chi connectivity index (χ0v) is 16.1. The van der Waals surface area contributed by atoms with Gasteiger partial charge in [0.15, 0.2) is 5.78 Å². The second kappa shape index (κ2) is 8.84. The number of hydrogen-bond acceptors (Lipinski definition) is 4. The number of amides is 2. The molecular weight excluding hydrogens is 368 g/mol. The summed E-state index contributed by atoms with van der Waals surface area (Å²) in [6.07, 6.45) is 0. The third-order valence-corrected chi connectivity index (χ3v) is 4.28. The molecule has 0 heterocycles. The van der Waals surface area contributed by atoms with Gasteiger partial charge in [0.05, 0.1) is 7.11 Å². The monoisotopic (exact) mass is 388 g/mol. The van der Waals surface area contributed by atoms with Gasteiger partial charge in [0.2, 0.25) is 0 Å². The van der Waals surface area contributed by atoms with Crippen LogP contribution in [-0.2, 0) is 0 Å². The Morgan fingerprint density at radius 2 is 1.24 bits per heavy atom. The Morgan fingerprint density at radius 3 is 1.76 bits per heavy atom. The van der Waals surface area contributed by atoms with Gasteiger partial charge in [-0.1, -0.05) is 12.1 Å². The number of methoxy groups -OCH3 is 1. The number of carbonyl (C=O) groups excluding carboxylic acids is 3. The van der Waals surface area contributed by atoms with E-state index >= 15 is 0 Å². The molecule has 2 amide bonds. The van der Waals surface area contributed by atoms with Gasteiger partial charge in [0.25, 0.3) is 11.8 Å². The van der Waals surface area contributed by atoms with Crippen molar-refractivity contribution in [3.05, 3.63) is 89.5 Å². The molecule has 0 saturated carbocycles. The average molecular weight is 388 g/mol. The van der Waals surface area contributed by atoms with Crippen LogP contribution in [0.3, 0.4) is 0 Å². The van der Waals surface area contributed by atoms with Crippen molar-refractivity contribution < 1.29 is 19.1 Å². The summed E-state index contributed by atoms with van der Waals surface area (Å²) in [5.74, 6) is 0.0182. The van der Waals surface area contributed by atoms with Gasteiger partial charge in [-0.15, -0.1) is 0 Å². The van der Waals surface area contributed by atoms with Gasteiger partial charge in [-0.3, -0.25) is 14.4 Å². The molecule has 0 fully saturated rings. The minimum absolute atomic E-state index is 0.0756. The number of benzene rings is 3. The first-order chi connectivity index (χ1) is 14.0. The largest absolute Gasteiger partial charge is 0.497 e. The number of ether oxygens (including phenoxy) is 1. The summed E-state index contributed by atoms with van der Waals surface area (Å²) in [6, 6.07) is 20.0. The Bertz CT molecular complexity index is 1040. The molecule has 0 bridgehead atoms. The van der Waals surface area contributed by atoms with Crippen LogP contribution in [0.4, 0.5) is 11.4 Å². The zero-order valence-electron chi connectivity index (χ0n) is 16.1. The highest BCUT2D eigenvalue weighted by atomic mass is 16.5. The summed E-state index contributed by atoms with van der Waals surface area (Å²) in [6.45, 7) is 1.47. The molecule has 0 spiro atoms. The van der Waals surface area contributed by atoms with Gasteiger partial charge in [0.1, 0.15) is 5.75 Å². The molecule has 0 aliphatic rings. The standard InChI is InChI=1S/C23H20N2O4/c1-15(26)18-4-3-5-20(14-18)25-23(28)17-8-6-16(7-9-17)22(27)24-19-10-12-21(29-2)13-11-19/h3-14H,1-2H3,(H,24,27)(H,25,28). The molecule has 2 N–H and O–H groups in total. The van der Waals surface area contributed by atoms with E-state index < -0.39 is 0 Å². The Kier molecular flexibility index (Phi) is 6.04. The van der Waals surface area contributed by atoms with E-state index in [1.807, 2.05) is 0 Å². The molecule has 0 aliphatic heterocycles. The third kappa shape index (κ3) is 5.07. The van der Waals surface area contributed by atoms with Crippen LogP contribution in [0.25, 0.3) is 0 Å². The quantitative estimate of drug-likeness (QED) is 0.613. The van der Waals surface area contributed by atoms with Crippen LogP contribution in [0.1, 0.15) is 38.0 Å². The normalized spacial score (nSPS) is 10.1. The number of anilines is 2. The molecule has 6 nitrogen and oxygen atoms in total. The van der Waals surface area contributed by atoms with E-state index in [2.05, 4.69) is 10.6 Å². The van der Waals surface area contributed by atoms with E-state index in [1.54, 1.807) is 79.9 Å². The summed E-state index contributed by atoms with van der Waals surface area (Å²) >= 11 is 0. The fourth-order valence-electron chi connectivity index (χ4n) is 2.67. The smallest absolute Gasteiger partial charge is 0.255 e. The molecule has 146 valence electrons. The Morgan fingerprint density at radius 1 is 0.690 bits per heavy atom. The number of carbonyl (C=O) groups is 3. The van der Waals surface area contributed by atoms with Crippen molar-refractivity contribution in [3.63, 3.8) is 0 Å². The highest BCUT2D eigenvalue weighted by Crippen LogP contribution is 2.17. The summed E-state index contributed by atoms with van der Waals surface area (Å²) in [5, 5.41) is 5.54. The summed E-state index contributed by atoms with van der Waals surface area (Å²) in [7, 11) is 1.57. The summed E-state index contributed by atoms with van der Waals surface area (Å²) < 4.78 is 5.09. The maximum atomic E-state index is 12.4. The molecule has 0 radical (unpaired) electrons. The van der Waals surface area contributed by atoms with Crippen molar-refractivity contribution in [2.45, 2.75) is 6.92 Å². The Balaban J connectivity index is 1.65. The van der Waals surface area contributed by atoms with Crippen LogP contribution in [0.15, 0.2) is 72.8 Å². The lowest BCUT2D eigenvalue weighted by atomic mass is 10.1.